The molecular formula is C14H18N2O4. The maximum atomic E-state index is 11.8. The molecule has 1 aliphatic heterocycles. The van der Waals surface area contributed by atoms with Gasteiger partial charge < -0.3 is 20.1 Å². The summed E-state index contributed by atoms with van der Waals surface area (Å²) in [6.07, 6.45) is 0.888. The van der Waals surface area contributed by atoms with Crippen molar-refractivity contribution >= 4 is 17.6 Å². The normalized spacial score (nSPS) is 17.1. The predicted octanol–water partition coefficient (Wildman–Crippen LogP) is 0.865. The number of benzene rings is 1. The lowest BCUT2D eigenvalue weighted by Gasteiger charge is -2.35. The van der Waals surface area contributed by atoms with Crippen molar-refractivity contribution in [3.05, 3.63) is 24.3 Å². The maximum absolute atomic E-state index is 11.8. The number of para-hydroxylation sites is 2. The van der Waals surface area contributed by atoms with E-state index in [1.807, 2.05) is 36.1 Å². The van der Waals surface area contributed by atoms with E-state index >= 15 is 0 Å². The van der Waals surface area contributed by atoms with Gasteiger partial charge in [0.15, 0.2) is 0 Å². The number of anilines is 1. The molecule has 0 aliphatic carbocycles. The molecule has 2 rings (SSSR count). The first-order chi connectivity index (χ1) is 9.60. The Morgan fingerprint density at radius 1 is 1.45 bits per heavy atom. The molecule has 20 heavy (non-hydrogen) atoms. The summed E-state index contributed by atoms with van der Waals surface area (Å²) in [5.41, 5.74) is 0.864. The lowest BCUT2D eigenvalue weighted by Crippen LogP contribution is -2.45. The summed E-state index contributed by atoms with van der Waals surface area (Å²) in [6.45, 7) is 2.42. The molecule has 0 radical (unpaired) electrons. The summed E-state index contributed by atoms with van der Waals surface area (Å²) in [6, 6.07) is 7.54. The molecule has 1 atom stereocenters. The van der Waals surface area contributed by atoms with Crippen LogP contribution < -0.4 is 15.0 Å². The number of nitrogens with one attached hydrogen (secondary N) is 1. The number of hydrogen-bond donors (Lipinski definition) is 2. The third-order valence-electron chi connectivity index (χ3n) is 3.15. The zero-order chi connectivity index (χ0) is 14.5. The molecule has 6 heteroatoms. The second-order valence-electron chi connectivity index (χ2n) is 4.67. The highest BCUT2D eigenvalue weighted by Crippen LogP contribution is 2.33. The first-order valence-electron chi connectivity index (χ1n) is 6.59. The number of carbonyl (C=O) groups is 2. The Morgan fingerprint density at radius 2 is 2.20 bits per heavy atom. The van der Waals surface area contributed by atoms with Gasteiger partial charge in [0.25, 0.3) is 0 Å². The third kappa shape index (κ3) is 3.40. The van der Waals surface area contributed by atoms with Crippen molar-refractivity contribution < 1.29 is 19.4 Å². The number of carboxylic acid groups (broad SMARTS) is 1. The highest BCUT2D eigenvalue weighted by molar-refractivity contribution is 5.85. The number of hydrogen-bond acceptors (Lipinski definition) is 4. The average Bonchev–Trinajstić information content (AvgIpc) is 2.45. The summed E-state index contributed by atoms with van der Waals surface area (Å²) < 4.78 is 5.82. The molecule has 1 aromatic rings. The van der Waals surface area contributed by atoms with E-state index in [1.165, 1.54) is 0 Å². The number of nitrogens with zero attached hydrogens (tertiary/aromatic N) is 1. The fourth-order valence-electron chi connectivity index (χ4n) is 2.14. The van der Waals surface area contributed by atoms with E-state index in [2.05, 4.69) is 5.32 Å². The number of ether oxygens (including phenoxy) is 1. The molecular weight excluding hydrogens is 260 g/mol. The van der Waals surface area contributed by atoms with Crippen LogP contribution in [0.5, 0.6) is 5.75 Å². The summed E-state index contributed by atoms with van der Waals surface area (Å²) in [7, 11) is 0. The topological polar surface area (TPSA) is 78.9 Å². The van der Waals surface area contributed by atoms with E-state index in [-0.39, 0.29) is 25.1 Å². The summed E-state index contributed by atoms with van der Waals surface area (Å²) in [5.74, 6) is -0.595. The number of aliphatic carboxylic acids is 1. The van der Waals surface area contributed by atoms with Crippen molar-refractivity contribution in [3.63, 3.8) is 0 Å². The highest BCUT2D eigenvalue weighted by atomic mass is 16.5. The van der Waals surface area contributed by atoms with Crippen LogP contribution in [0.2, 0.25) is 0 Å². The molecule has 2 N–H and O–H groups in total. The van der Waals surface area contributed by atoms with Gasteiger partial charge in [-0.1, -0.05) is 19.1 Å². The zero-order valence-electron chi connectivity index (χ0n) is 11.3. The maximum Gasteiger partial charge on any atom is 0.322 e. The smallest absolute Gasteiger partial charge is 0.322 e. The van der Waals surface area contributed by atoms with Gasteiger partial charge in [0.2, 0.25) is 5.91 Å². The molecule has 0 saturated carbocycles. The van der Waals surface area contributed by atoms with Gasteiger partial charge in [-0.3, -0.25) is 9.59 Å². The van der Waals surface area contributed by atoms with Crippen LogP contribution in [0.25, 0.3) is 0 Å². The minimum Gasteiger partial charge on any atom is -0.486 e. The molecule has 6 nitrogen and oxygen atoms in total. The fourth-order valence-corrected chi connectivity index (χ4v) is 2.14. The zero-order valence-corrected chi connectivity index (χ0v) is 11.3. The largest absolute Gasteiger partial charge is 0.486 e. The van der Waals surface area contributed by atoms with Crippen LogP contribution in [-0.2, 0) is 9.59 Å². The van der Waals surface area contributed by atoms with Gasteiger partial charge in [-0.2, -0.15) is 0 Å². The van der Waals surface area contributed by atoms with Crippen LogP contribution in [0, 0.1) is 0 Å². The Morgan fingerprint density at radius 3 is 2.90 bits per heavy atom. The number of carbonyl (C=O) groups excluding carboxylic acids is 1. The minimum atomic E-state index is -1.05. The Kier molecular flexibility index (Phi) is 4.45. The Labute approximate surface area is 117 Å². The van der Waals surface area contributed by atoms with Crippen molar-refractivity contribution in [2.75, 3.05) is 24.5 Å². The van der Waals surface area contributed by atoms with Crippen molar-refractivity contribution in [2.24, 2.45) is 0 Å². The molecule has 1 heterocycles. The van der Waals surface area contributed by atoms with E-state index < -0.39 is 5.97 Å². The van der Waals surface area contributed by atoms with Crippen LogP contribution in [0.1, 0.15) is 13.3 Å². The van der Waals surface area contributed by atoms with Crippen LogP contribution in [0.4, 0.5) is 5.69 Å². The number of fused-ring (bicyclic) bond motifs is 1. The van der Waals surface area contributed by atoms with Crippen molar-refractivity contribution in [3.8, 4) is 5.75 Å². The van der Waals surface area contributed by atoms with Crippen LogP contribution in [0.3, 0.4) is 0 Å². The van der Waals surface area contributed by atoms with E-state index in [9.17, 15) is 9.59 Å². The quantitative estimate of drug-likeness (QED) is 0.835. The van der Waals surface area contributed by atoms with Crippen molar-refractivity contribution in [1.29, 1.82) is 0 Å². The molecule has 108 valence electrons. The molecule has 1 unspecified atom stereocenters. The van der Waals surface area contributed by atoms with Gasteiger partial charge in [-0.05, 0) is 18.6 Å². The van der Waals surface area contributed by atoms with Crippen LogP contribution in [-0.4, -0.2) is 42.7 Å². The number of carboxylic acids is 1. The monoisotopic (exact) mass is 278 g/mol. The van der Waals surface area contributed by atoms with Crippen LogP contribution >= 0.6 is 0 Å². The van der Waals surface area contributed by atoms with Gasteiger partial charge in [-0.25, -0.2) is 0 Å². The summed E-state index contributed by atoms with van der Waals surface area (Å²) >= 11 is 0. The molecule has 0 saturated heterocycles. The fraction of sp³-hybridized carbons (Fsp3) is 0.429. The molecule has 0 spiro atoms. The molecule has 1 aliphatic rings. The second-order valence-corrected chi connectivity index (χ2v) is 4.67. The van der Waals surface area contributed by atoms with Crippen LogP contribution in [0.15, 0.2) is 24.3 Å². The number of rotatable bonds is 5. The molecule has 0 fully saturated rings. The third-order valence-corrected chi connectivity index (χ3v) is 3.15. The SMILES string of the molecule is CCC1CN(CC(=O)NCC(=O)O)c2ccccc2O1. The summed E-state index contributed by atoms with van der Waals surface area (Å²) in [5, 5.41) is 10.9. The van der Waals surface area contributed by atoms with Gasteiger partial charge >= 0.3 is 5.97 Å². The lowest BCUT2D eigenvalue weighted by atomic mass is 10.1. The highest BCUT2D eigenvalue weighted by Gasteiger charge is 2.25. The van der Waals surface area contributed by atoms with E-state index in [4.69, 9.17) is 9.84 Å². The first kappa shape index (κ1) is 14.2. The second kappa shape index (κ2) is 6.27. The van der Waals surface area contributed by atoms with Gasteiger partial charge in [0, 0.05) is 0 Å². The predicted molar refractivity (Wildman–Crippen MR) is 74.0 cm³/mol. The van der Waals surface area contributed by atoms with E-state index in [0.29, 0.717) is 6.54 Å². The van der Waals surface area contributed by atoms with Gasteiger partial charge in [0.1, 0.15) is 18.4 Å². The first-order valence-corrected chi connectivity index (χ1v) is 6.59. The molecule has 0 bridgehead atoms. The average molecular weight is 278 g/mol. The van der Waals surface area contributed by atoms with Gasteiger partial charge in [0.05, 0.1) is 18.8 Å². The Hall–Kier alpha value is -2.24. The summed E-state index contributed by atoms with van der Waals surface area (Å²) in [4.78, 5) is 24.1. The molecule has 1 aromatic carbocycles. The standard InChI is InChI=1S/C14H18N2O4/c1-2-10-8-16(9-13(17)15-7-14(18)19)11-5-3-4-6-12(11)20-10/h3-6,10H,2,7-9H2,1H3,(H,15,17)(H,18,19). The van der Waals surface area contributed by atoms with E-state index in [1.54, 1.807) is 0 Å². The Bertz CT molecular complexity index is 504. The molecule has 0 aromatic heterocycles. The Balaban J connectivity index is 2.06. The molecule has 1 amide bonds. The number of amides is 1. The van der Waals surface area contributed by atoms with Crippen molar-refractivity contribution in [1.82, 2.24) is 5.32 Å². The van der Waals surface area contributed by atoms with E-state index in [0.717, 1.165) is 17.9 Å². The minimum absolute atomic E-state index is 0.0390. The lowest BCUT2D eigenvalue weighted by molar-refractivity contribution is -0.137. The van der Waals surface area contributed by atoms with Crippen molar-refractivity contribution in [2.45, 2.75) is 19.4 Å². The van der Waals surface area contributed by atoms with Gasteiger partial charge in [-0.15, -0.1) is 0 Å².